The molecule has 0 aliphatic carbocycles. The van der Waals surface area contributed by atoms with E-state index in [1.807, 2.05) is 83.1 Å². The Morgan fingerprint density at radius 3 is 1.82 bits per heavy atom. The minimum Gasteiger partial charge on any atom is -0.287 e. The van der Waals surface area contributed by atoms with E-state index in [4.69, 9.17) is 4.28 Å². The van der Waals surface area contributed by atoms with Crippen LogP contribution in [0.4, 0.5) is 0 Å². The van der Waals surface area contributed by atoms with Crippen LogP contribution in [0.2, 0.25) is 0 Å². The molecule has 0 unspecified atom stereocenters. The zero-order valence-corrected chi connectivity index (χ0v) is 25.0. The van der Waals surface area contributed by atoms with Crippen molar-refractivity contribution in [3.8, 4) is 0 Å². The van der Waals surface area contributed by atoms with Gasteiger partial charge in [0.2, 0.25) is 5.78 Å². The first kappa shape index (κ1) is 29.2. The first-order valence-electron chi connectivity index (χ1n) is 13.7. The number of nitrogens with zero attached hydrogens (tertiary/aromatic N) is 1. The Hall–Kier alpha value is -3.77. The van der Waals surface area contributed by atoms with E-state index in [2.05, 4.69) is 19.0 Å². The minimum atomic E-state index is -4.36. The number of ketones is 1. The second-order valence-electron chi connectivity index (χ2n) is 11.1. The molecular formula is C34H37NO4S. The molecule has 40 heavy (non-hydrogen) atoms. The minimum absolute atomic E-state index is 0.0669. The fourth-order valence-corrected chi connectivity index (χ4v) is 6.31. The van der Waals surface area contributed by atoms with Crippen molar-refractivity contribution in [3.63, 3.8) is 0 Å². The van der Waals surface area contributed by atoms with E-state index >= 15 is 0 Å². The molecule has 0 aliphatic heterocycles. The van der Waals surface area contributed by atoms with Gasteiger partial charge in [0.25, 0.3) is 0 Å². The van der Waals surface area contributed by atoms with Crippen LogP contribution < -0.4 is 0 Å². The largest absolute Gasteiger partial charge is 0.359 e. The first-order chi connectivity index (χ1) is 18.9. The quantitative estimate of drug-likeness (QED) is 0.118. The maximum absolute atomic E-state index is 14.0. The molecule has 0 atom stereocenters. The Bertz CT molecular complexity index is 1660. The number of carbonyl (C=O) groups is 1. The van der Waals surface area contributed by atoms with Crippen molar-refractivity contribution in [3.05, 3.63) is 112 Å². The summed E-state index contributed by atoms with van der Waals surface area (Å²) in [4.78, 5) is 14.1. The fourth-order valence-electron chi connectivity index (χ4n) is 4.90. The lowest BCUT2D eigenvalue weighted by atomic mass is 9.89. The predicted octanol–water partition coefficient (Wildman–Crippen LogP) is 8.51. The van der Waals surface area contributed by atoms with Gasteiger partial charge in [0.05, 0.1) is 0 Å². The van der Waals surface area contributed by atoms with Crippen LogP contribution in [-0.2, 0) is 14.4 Å². The van der Waals surface area contributed by atoms with Crippen molar-refractivity contribution in [1.82, 2.24) is 0 Å². The summed E-state index contributed by atoms with van der Waals surface area (Å²) < 4.78 is 33.2. The van der Waals surface area contributed by atoms with Crippen molar-refractivity contribution < 1.29 is 17.5 Å². The summed E-state index contributed by atoms with van der Waals surface area (Å²) in [5, 5.41) is 5.80. The number of benzene rings is 4. The highest BCUT2D eigenvalue weighted by Crippen LogP contribution is 2.36. The monoisotopic (exact) mass is 555 g/mol. The Morgan fingerprint density at radius 2 is 1.27 bits per heavy atom. The molecule has 4 aromatic rings. The lowest BCUT2D eigenvalue weighted by Crippen LogP contribution is -2.19. The van der Waals surface area contributed by atoms with Crippen LogP contribution in [0.3, 0.4) is 0 Å². The Labute approximate surface area is 238 Å². The Balaban J connectivity index is 1.88. The van der Waals surface area contributed by atoms with Crippen LogP contribution in [0.25, 0.3) is 10.8 Å². The zero-order chi connectivity index (χ0) is 29.2. The van der Waals surface area contributed by atoms with E-state index in [0.717, 1.165) is 21.9 Å². The highest BCUT2D eigenvalue weighted by atomic mass is 32.2. The number of hydrogen-bond acceptors (Lipinski definition) is 5. The van der Waals surface area contributed by atoms with Gasteiger partial charge < -0.3 is 0 Å². The molecule has 4 rings (SSSR count). The van der Waals surface area contributed by atoms with Crippen molar-refractivity contribution in [2.45, 2.75) is 71.1 Å². The molecule has 0 N–H and O–H groups in total. The zero-order valence-electron chi connectivity index (χ0n) is 24.2. The molecule has 0 spiro atoms. The second-order valence-corrected chi connectivity index (χ2v) is 12.6. The molecular weight excluding hydrogens is 518 g/mol. The summed E-state index contributed by atoms with van der Waals surface area (Å²) in [7, 11) is -4.36. The first-order valence-corrected chi connectivity index (χ1v) is 15.1. The van der Waals surface area contributed by atoms with Gasteiger partial charge in [-0.15, -0.1) is 0 Å². The molecule has 0 aliphatic rings. The van der Waals surface area contributed by atoms with Crippen molar-refractivity contribution in [2.75, 3.05) is 0 Å². The average molecular weight is 556 g/mol. The highest BCUT2D eigenvalue weighted by molar-refractivity contribution is 7.86. The van der Waals surface area contributed by atoms with Crippen LogP contribution in [0.1, 0.15) is 97.5 Å². The number of fused-ring (bicyclic) bond motifs is 1. The van der Waals surface area contributed by atoms with Gasteiger partial charge in [-0.1, -0.05) is 126 Å². The number of rotatable bonds is 9. The van der Waals surface area contributed by atoms with Crippen LogP contribution >= 0.6 is 0 Å². The predicted molar refractivity (Wildman–Crippen MR) is 163 cm³/mol. The Morgan fingerprint density at radius 1 is 0.725 bits per heavy atom. The number of oxime groups is 1. The number of hydrogen-bond donors (Lipinski definition) is 0. The average Bonchev–Trinajstić information content (AvgIpc) is 2.93. The second kappa shape index (κ2) is 11.8. The smallest absolute Gasteiger partial charge is 0.287 e. The maximum Gasteiger partial charge on any atom is 0.359 e. The molecule has 0 aromatic heterocycles. The maximum atomic E-state index is 14.0. The Kier molecular flexibility index (Phi) is 8.59. The molecule has 208 valence electrons. The summed E-state index contributed by atoms with van der Waals surface area (Å²) in [5.74, 6) is -0.316. The number of carbonyl (C=O) groups excluding carboxylic acids is 1. The molecule has 0 saturated carbocycles. The summed E-state index contributed by atoms with van der Waals surface area (Å²) in [6.07, 6.45) is 0. The van der Waals surface area contributed by atoms with Crippen LogP contribution in [0.5, 0.6) is 0 Å². The van der Waals surface area contributed by atoms with Gasteiger partial charge >= 0.3 is 10.1 Å². The fraction of sp³-hybridized carbons (Fsp3) is 0.294. The van der Waals surface area contributed by atoms with Crippen LogP contribution in [0, 0.1) is 6.92 Å². The summed E-state index contributed by atoms with van der Waals surface area (Å²) in [5.41, 5.74) is 4.30. The third kappa shape index (κ3) is 5.87. The topological polar surface area (TPSA) is 72.8 Å². The summed E-state index contributed by atoms with van der Waals surface area (Å²) in [6.45, 7) is 14.0. The van der Waals surface area contributed by atoms with E-state index in [9.17, 15) is 13.2 Å². The van der Waals surface area contributed by atoms with E-state index in [1.54, 1.807) is 30.3 Å². The molecule has 6 heteroatoms. The van der Waals surface area contributed by atoms with Crippen LogP contribution in [-0.4, -0.2) is 19.9 Å². The van der Waals surface area contributed by atoms with Gasteiger partial charge in [-0.25, -0.2) is 0 Å². The highest BCUT2D eigenvalue weighted by Gasteiger charge is 2.30. The van der Waals surface area contributed by atoms with Gasteiger partial charge in [0.1, 0.15) is 4.90 Å². The standard InChI is InChI=1S/C34H37NO4S/c1-21(2)26-19-30(22(3)4)34(31(20-26)23(5)6)40(37,38)39-35-32(25-13-9-8-10-14-25)33(36)29-18-17-24(7)27-15-11-12-16-28(27)29/h8-23H,1-7H3/b35-32+. The third-order valence-corrected chi connectivity index (χ3v) is 8.45. The molecule has 0 bridgehead atoms. The molecule has 0 radical (unpaired) electrons. The lowest BCUT2D eigenvalue weighted by Gasteiger charge is -2.21. The molecule has 0 fully saturated rings. The van der Waals surface area contributed by atoms with Gasteiger partial charge in [-0.05, 0) is 57.7 Å². The van der Waals surface area contributed by atoms with E-state index < -0.39 is 15.9 Å². The third-order valence-electron chi connectivity index (χ3n) is 7.21. The van der Waals surface area contributed by atoms with Gasteiger partial charge in [0.15, 0.2) is 5.71 Å². The molecule has 4 aromatic carbocycles. The lowest BCUT2D eigenvalue weighted by molar-refractivity contribution is 0.106. The molecule has 0 saturated heterocycles. The number of Topliss-reactive ketones (excluding diaryl/α,β-unsaturated/α-hetero) is 1. The van der Waals surface area contributed by atoms with E-state index in [-0.39, 0.29) is 28.4 Å². The van der Waals surface area contributed by atoms with Crippen LogP contribution in [0.15, 0.2) is 88.9 Å². The van der Waals surface area contributed by atoms with Gasteiger partial charge in [-0.3, -0.25) is 9.08 Å². The number of aryl methyl sites for hydroxylation is 1. The molecule has 0 amide bonds. The van der Waals surface area contributed by atoms with Crippen molar-refractivity contribution in [1.29, 1.82) is 0 Å². The SMILES string of the molecule is Cc1ccc(C(=O)/C(=N/OS(=O)(=O)c2c(C(C)C)cc(C(C)C)cc2C(C)C)c2ccccc2)c2ccccc12. The van der Waals surface area contributed by atoms with Crippen molar-refractivity contribution in [2.24, 2.45) is 5.16 Å². The summed E-state index contributed by atoms with van der Waals surface area (Å²) >= 11 is 0. The molecule has 0 heterocycles. The van der Waals surface area contributed by atoms with E-state index in [1.165, 1.54) is 0 Å². The summed E-state index contributed by atoms with van der Waals surface area (Å²) in [6, 6.07) is 24.0. The van der Waals surface area contributed by atoms with Crippen molar-refractivity contribution >= 4 is 32.4 Å². The molecule has 5 nitrogen and oxygen atoms in total. The van der Waals surface area contributed by atoms with E-state index in [0.29, 0.717) is 22.3 Å². The normalized spacial score (nSPS) is 12.5. The van der Waals surface area contributed by atoms with Gasteiger partial charge in [0, 0.05) is 11.1 Å². The van der Waals surface area contributed by atoms with Gasteiger partial charge in [-0.2, -0.15) is 8.42 Å².